The molecule has 0 saturated heterocycles. The van der Waals surface area contributed by atoms with Crippen molar-refractivity contribution in [3.05, 3.63) is 81.4 Å². The van der Waals surface area contributed by atoms with Gasteiger partial charge < -0.3 is 9.88 Å². The van der Waals surface area contributed by atoms with Crippen LogP contribution in [0.2, 0.25) is 0 Å². The quantitative estimate of drug-likeness (QED) is 0.506. The second kappa shape index (κ2) is 7.83. The Labute approximate surface area is 192 Å². The summed E-state index contributed by atoms with van der Waals surface area (Å²) >= 11 is 0. The van der Waals surface area contributed by atoms with Crippen molar-refractivity contribution in [1.29, 1.82) is 0 Å². The summed E-state index contributed by atoms with van der Waals surface area (Å²) in [6.45, 7) is 4.24. The molecular weight excluding hydrogens is 412 g/mol. The molecule has 7 nitrogen and oxygen atoms in total. The van der Waals surface area contributed by atoms with Gasteiger partial charge in [0.05, 0.1) is 11.6 Å². The normalized spacial score (nSPS) is 19.3. The van der Waals surface area contributed by atoms with Crippen molar-refractivity contribution in [2.24, 2.45) is 0 Å². The first kappa shape index (κ1) is 20.1. The minimum absolute atomic E-state index is 0.0839. The molecule has 2 atom stereocenters. The van der Waals surface area contributed by atoms with Crippen molar-refractivity contribution < 1.29 is 0 Å². The number of fused-ring (bicyclic) bond motifs is 2. The van der Waals surface area contributed by atoms with Crippen LogP contribution in [0.4, 0.5) is 5.69 Å². The molecule has 0 unspecified atom stereocenters. The second-order valence-electron chi connectivity index (χ2n) is 9.50. The summed E-state index contributed by atoms with van der Waals surface area (Å²) in [7, 11) is 0. The summed E-state index contributed by atoms with van der Waals surface area (Å²) in [4.78, 5) is 19.1. The van der Waals surface area contributed by atoms with E-state index < -0.39 is 0 Å². The standard InChI is InChI=1S/C26H28N6O/c1-16-8-7-10-19-15-21(26(33)27-23(16)19)24(25-28-29-30-32(25)20-11-4-5-12-20)31-17(2)14-18-9-3-6-13-22(18)31/h3,6-10,13,15,17,20,24H,4-5,11-12,14H2,1-2H3,(H,27,33)/t17-,24+/m1/s1. The lowest BCUT2D eigenvalue weighted by Crippen LogP contribution is -2.39. The highest BCUT2D eigenvalue weighted by atomic mass is 16.1. The van der Waals surface area contributed by atoms with Gasteiger partial charge in [-0.2, -0.15) is 0 Å². The molecule has 1 N–H and O–H groups in total. The molecule has 1 saturated carbocycles. The number of nitrogens with one attached hydrogen (secondary N) is 1. The number of anilines is 1. The van der Waals surface area contributed by atoms with E-state index in [9.17, 15) is 4.79 Å². The van der Waals surface area contributed by atoms with E-state index in [1.165, 1.54) is 18.4 Å². The Balaban J connectivity index is 1.59. The van der Waals surface area contributed by atoms with Crippen LogP contribution in [0.3, 0.4) is 0 Å². The molecule has 2 aliphatic rings. The molecule has 0 spiro atoms. The van der Waals surface area contributed by atoms with E-state index >= 15 is 0 Å². The molecule has 4 aromatic rings. The van der Waals surface area contributed by atoms with Crippen molar-refractivity contribution in [1.82, 2.24) is 25.2 Å². The number of aromatic nitrogens is 5. The fourth-order valence-electron chi connectivity index (χ4n) is 5.79. The molecule has 33 heavy (non-hydrogen) atoms. The summed E-state index contributed by atoms with van der Waals surface area (Å²) in [5.74, 6) is 0.753. The summed E-state index contributed by atoms with van der Waals surface area (Å²) < 4.78 is 1.99. The van der Waals surface area contributed by atoms with Gasteiger partial charge in [-0.25, -0.2) is 4.68 Å². The maximum absolute atomic E-state index is 13.6. The van der Waals surface area contributed by atoms with E-state index in [0.29, 0.717) is 5.56 Å². The number of benzene rings is 2. The molecule has 2 aromatic heterocycles. The van der Waals surface area contributed by atoms with E-state index in [1.807, 2.05) is 29.8 Å². The topological polar surface area (TPSA) is 79.7 Å². The van der Waals surface area contributed by atoms with Crippen LogP contribution in [0.25, 0.3) is 10.9 Å². The lowest BCUT2D eigenvalue weighted by atomic mass is 10.0. The van der Waals surface area contributed by atoms with Gasteiger partial charge in [0.25, 0.3) is 5.56 Å². The Morgan fingerprint density at radius 3 is 2.76 bits per heavy atom. The van der Waals surface area contributed by atoms with Crippen molar-refractivity contribution in [3.63, 3.8) is 0 Å². The van der Waals surface area contributed by atoms with Crippen LogP contribution < -0.4 is 10.5 Å². The maximum Gasteiger partial charge on any atom is 0.254 e. The highest BCUT2D eigenvalue weighted by Gasteiger charge is 2.39. The van der Waals surface area contributed by atoms with Gasteiger partial charge in [-0.15, -0.1) is 5.10 Å². The molecule has 0 amide bonds. The fraction of sp³-hybridized carbons (Fsp3) is 0.385. The number of pyridine rings is 1. The Bertz CT molecular complexity index is 1380. The largest absolute Gasteiger partial charge is 0.354 e. The smallest absolute Gasteiger partial charge is 0.254 e. The van der Waals surface area contributed by atoms with Gasteiger partial charge in [-0.3, -0.25) is 4.79 Å². The van der Waals surface area contributed by atoms with Crippen LogP contribution >= 0.6 is 0 Å². The van der Waals surface area contributed by atoms with Crippen molar-refractivity contribution in [2.75, 3.05) is 4.90 Å². The van der Waals surface area contributed by atoms with E-state index in [0.717, 1.165) is 47.2 Å². The van der Waals surface area contributed by atoms with Crippen LogP contribution in [0, 0.1) is 6.92 Å². The molecule has 3 heterocycles. The van der Waals surface area contributed by atoms with E-state index in [-0.39, 0.29) is 23.7 Å². The summed E-state index contributed by atoms with van der Waals surface area (Å²) in [5, 5.41) is 14.1. The molecule has 1 fully saturated rings. The molecular formula is C26H28N6O. The third kappa shape index (κ3) is 3.25. The van der Waals surface area contributed by atoms with E-state index in [4.69, 9.17) is 0 Å². The number of H-pyrrole nitrogens is 1. The van der Waals surface area contributed by atoms with Crippen molar-refractivity contribution in [3.8, 4) is 0 Å². The average Bonchev–Trinajstić information content (AvgIpc) is 3.55. The number of para-hydroxylation sites is 2. The summed E-state index contributed by atoms with van der Waals surface area (Å²) in [5.41, 5.74) is 4.99. The molecule has 0 bridgehead atoms. The lowest BCUT2D eigenvalue weighted by molar-refractivity contribution is 0.423. The van der Waals surface area contributed by atoms with Gasteiger partial charge in [0.15, 0.2) is 5.82 Å². The number of rotatable bonds is 4. The van der Waals surface area contributed by atoms with Crippen LogP contribution in [0.1, 0.15) is 67.2 Å². The zero-order valence-electron chi connectivity index (χ0n) is 19.0. The van der Waals surface area contributed by atoms with Gasteiger partial charge in [0, 0.05) is 17.3 Å². The van der Waals surface area contributed by atoms with Crippen LogP contribution in [-0.4, -0.2) is 31.2 Å². The zero-order valence-corrected chi connectivity index (χ0v) is 19.0. The minimum atomic E-state index is -0.368. The first-order chi connectivity index (χ1) is 16.1. The van der Waals surface area contributed by atoms with Crippen LogP contribution in [0.5, 0.6) is 0 Å². The molecule has 1 aliphatic carbocycles. The lowest BCUT2D eigenvalue weighted by Gasteiger charge is -2.34. The predicted molar refractivity (Wildman–Crippen MR) is 129 cm³/mol. The fourth-order valence-corrected chi connectivity index (χ4v) is 5.79. The molecule has 7 heteroatoms. The highest BCUT2D eigenvalue weighted by molar-refractivity contribution is 5.82. The van der Waals surface area contributed by atoms with Crippen molar-refractivity contribution in [2.45, 2.75) is 64.1 Å². The number of hydrogen-bond donors (Lipinski definition) is 1. The summed E-state index contributed by atoms with van der Waals surface area (Å²) in [6, 6.07) is 16.8. The number of aromatic amines is 1. The van der Waals surface area contributed by atoms with Gasteiger partial charge in [0.1, 0.15) is 6.04 Å². The molecule has 2 aromatic carbocycles. The number of nitrogens with zero attached hydrogens (tertiary/aromatic N) is 5. The molecule has 168 valence electrons. The van der Waals surface area contributed by atoms with Crippen LogP contribution in [0.15, 0.2) is 53.3 Å². The third-order valence-electron chi connectivity index (χ3n) is 7.38. The highest BCUT2D eigenvalue weighted by Crippen LogP contribution is 2.42. The van der Waals surface area contributed by atoms with Crippen molar-refractivity contribution >= 4 is 16.6 Å². The second-order valence-corrected chi connectivity index (χ2v) is 9.50. The Morgan fingerprint density at radius 1 is 1.09 bits per heavy atom. The Kier molecular flexibility index (Phi) is 4.78. The van der Waals surface area contributed by atoms with Gasteiger partial charge in [-0.1, -0.05) is 49.2 Å². The van der Waals surface area contributed by atoms with E-state index in [2.05, 4.69) is 62.7 Å². The average molecular weight is 441 g/mol. The number of tetrazole rings is 1. The van der Waals surface area contributed by atoms with Crippen LogP contribution in [-0.2, 0) is 6.42 Å². The minimum Gasteiger partial charge on any atom is -0.354 e. The molecule has 1 aliphatic heterocycles. The molecule has 6 rings (SSSR count). The maximum atomic E-state index is 13.6. The van der Waals surface area contributed by atoms with Gasteiger partial charge in [0.2, 0.25) is 0 Å². The zero-order chi connectivity index (χ0) is 22.5. The monoisotopic (exact) mass is 440 g/mol. The predicted octanol–water partition coefficient (Wildman–Crippen LogP) is 4.48. The SMILES string of the molecule is Cc1cccc2cc([C@@H](c3nnnn3C3CCCC3)N3c4ccccc4C[C@H]3C)c(=O)[nH]c12. The Hall–Kier alpha value is -3.48. The molecule has 0 radical (unpaired) electrons. The van der Waals surface area contributed by atoms with Gasteiger partial charge >= 0.3 is 0 Å². The Morgan fingerprint density at radius 2 is 1.91 bits per heavy atom. The summed E-state index contributed by atoms with van der Waals surface area (Å²) in [6.07, 6.45) is 5.46. The van der Waals surface area contributed by atoms with E-state index in [1.54, 1.807) is 0 Å². The number of aryl methyl sites for hydroxylation is 1. The van der Waals surface area contributed by atoms with Gasteiger partial charge in [-0.05, 0) is 72.2 Å². The third-order valence-corrected chi connectivity index (χ3v) is 7.38. The number of hydrogen-bond acceptors (Lipinski definition) is 5. The first-order valence-electron chi connectivity index (χ1n) is 11.9. The first-order valence-corrected chi connectivity index (χ1v) is 11.9.